The van der Waals surface area contributed by atoms with Crippen molar-refractivity contribution in [3.63, 3.8) is 0 Å². The highest BCUT2D eigenvalue weighted by molar-refractivity contribution is 6.21. The lowest BCUT2D eigenvalue weighted by atomic mass is 9.94. The lowest BCUT2D eigenvalue weighted by Gasteiger charge is -2.27. The number of hydrogen-bond acceptors (Lipinski definition) is 2. The van der Waals surface area contributed by atoms with Crippen LogP contribution in [0.4, 0.5) is 0 Å². The number of carbonyl (C=O) groups is 1. The number of ether oxygens (including phenoxy) is 1. The summed E-state index contributed by atoms with van der Waals surface area (Å²) in [5.41, 5.74) is 0.632. The van der Waals surface area contributed by atoms with E-state index in [-0.39, 0.29) is 17.3 Å². The zero-order chi connectivity index (χ0) is 14.4. The fraction of sp³-hybridized carbons (Fsp3) is 0.562. The summed E-state index contributed by atoms with van der Waals surface area (Å²) in [4.78, 5) is 12.3. The zero-order valence-electron chi connectivity index (χ0n) is 11.9. The average Bonchev–Trinajstić information content (AvgIpc) is 2.48. The van der Waals surface area contributed by atoms with Gasteiger partial charge in [0.1, 0.15) is 5.75 Å². The molecule has 1 amide bonds. The van der Waals surface area contributed by atoms with E-state index in [4.69, 9.17) is 16.3 Å². The maximum Gasteiger partial charge on any atom is 0.251 e. The first kappa shape index (κ1) is 15.2. The van der Waals surface area contributed by atoms with Crippen LogP contribution in [0.15, 0.2) is 24.3 Å². The van der Waals surface area contributed by atoms with Gasteiger partial charge >= 0.3 is 0 Å². The number of alkyl halides is 1. The van der Waals surface area contributed by atoms with Crippen molar-refractivity contribution in [3.8, 4) is 5.75 Å². The van der Waals surface area contributed by atoms with Crippen LogP contribution in [0, 0.1) is 0 Å². The van der Waals surface area contributed by atoms with Crippen molar-refractivity contribution in [1.29, 1.82) is 0 Å². The summed E-state index contributed by atoms with van der Waals surface area (Å²) < 4.78 is 5.55. The maximum absolute atomic E-state index is 12.3. The molecule has 1 aliphatic rings. The van der Waals surface area contributed by atoms with Crippen molar-refractivity contribution in [1.82, 2.24) is 5.32 Å². The Labute approximate surface area is 125 Å². The molecule has 2 rings (SSSR count). The summed E-state index contributed by atoms with van der Waals surface area (Å²) in [7, 11) is 0. The number of nitrogens with one attached hydrogen (secondary N) is 1. The summed E-state index contributed by atoms with van der Waals surface area (Å²) in [5.74, 6) is 0.676. The standard InChI is InChI=1S/C16H22ClNO2/c1-2-10-20-13-7-5-6-12(11-13)16(19)18-15-9-4-3-8-14(15)17/h5-7,11,14-15H,2-4,8-10H2,1H3,(H,18,19). The Morgan fingerprint density at radius 2 is 2.20 bits per heavy atom. The number of benzene rings is 1. The molecule has 110 valence electrons. The quantitative estimate of drug-likeness (QED) is 0.840. The normalized spacial score (nSPS) is 22.3. The Balaban J connectivity index is 1.97. The van der Waals surface area contributed by atoms with Crippen molar-refractivity contribution < 1.29 is 9.53 Å². The van der Waals surface area contributed by atoms with Gasteiger partial charge in [-0.3, -0.25) is 4.79 Å². The van der Waals surface area contributed by atoms with Crippen LogP contribution in [0.3, 0.4) is 0 Å². The Bertz CT molecular complexity index is 450. The zero-order valence-corrected chi connectivity index (χ0v) is 12.7. The molecule has 2 atom stereocenters. The predicted octanol–water partition coefficient (Wildman–Crippen LogP) is 3.76. The van der Waals surface area contributed by atoms with E-state index >= 15 is 0 Å². The van der Waals surface area contributed by atoms with Crippen molar-refractivity contribution >= 4 is 17.5 Å². The largest absolute Gasteiger partial charge is 0.494 e. The van der Waals surface area contributed by atoms with E-state index in [1.165, 1.54) is 0 Å². The van der Waals surface area contributed by atoms with Crippen molar-refractivity contribution in [2.45, 2.75) is 50.4 Å². The fourth-order valence-electron chi connectivity index (χ4n) is 2.45. The van der Waals surface area contributed by atoms with Crippen LogP contribution in [0.5, 0.6) is 5.75 Å². The molecule has 0 saturated heterocycles. The monoisotopic (exact) mass is 295 g/mol. The number of hydrogen-bond donors (Lipinski definition) is 1. The van der Waals surface area contributed by atoms with Crippen LogP contribution in [0.1, 0.15) is 49.4 Å². The van der Waals surface area contributed by atoms with Gasteiger partial charge in [-0.15, -0.1) is 11.6 Å². The Morgan fingerprint density at radius 3 is 2.95 bits per heavy atom. The first-order valence-electron chi connectivity index (χ1n) is 7.38. The third kappa shape index (κ3) is 4.14. The maximum atomic E-state index is 12.3. The van der Waals surface area contributed by atoms with Crippen LogP contribution in [-0.2, 0) is 0 Å². The van der Waals surface area contributed by atoms with Gasteiger partial charge in [-0.1, -0.05) is 25.8 Å². The lowest BCUT2D eigenvalue weighted by molar-refractivity contribution is 0.0928. The number of amides is 1. The SMILES string of the molecule is CCCOc1cccc(C(=O)NC2CCCCC2Cl)c1. The second-order valence-electron chi connectivity index (χ2n) is 5.26. The Kier molecular flexibility index (Phi) is 5.72. The molecular weight excluding hydrogens is 274 g/mol. The molecule has 0 spiro atoms. The number of halogens is 1. The van der Waals surface area contributed by atoms with E-state index in [1.54, 1.807) is 12.1 Å². The summed E-state index contributed by atoms with van der Waals surface area (Å²) >= 11 is 6.27. The Morgan fingerprint density at radius 1 is 1.40 bits per heavy atom. The molecule has 0 bridgehead atoms. The molecule has 3 nitrogen and oxygen atoms in total. The van der Waals surface area contributed by atoms with E-state index in [0.717, 1.165) is 37.9 Å². The third-order valence-corrected chi connectivity index (χ3v) is 4.09. The molecule has 0 aromatic heterocycles. The highest BCUT2D eigenvalue weighted by atomic mass is 35.5. The molecule has 1 aromatic rings. The van der Waals surface area contributed by atoms with Gasteiger partial charge in [0.2, 0.25) is 0 Å². The fourth-order valence-corrected chi connectivity index (χ4v) is 2.79. The van der Waals surface area contributed by atoms with Crippen molar-refractivity contribution in [3.05, 3.63) is 29.8 Å². The minimum absolute atomic E-state index is 0.0484. The predicted molar refractivity (Wildman–Crippen MR) is 81.6 cm³/mol. The molecule has 1 aromatic carbocycles. The second kappa shape index (κ2) is 7.53. The van der Waals surface area contributed by atoms with E-state index in [1.807, 2.05) is 12.1 Å². The van der Waals surface area contributed by atoms with Crippen LogP contribution in [0.2, 0.25) is 0 Å². The molecule has 0 radical (unpaired) electrons. The molecule has 1 fully saturated rings. The van der Waals surface area contributed by atoms with Gasteiger partial charge in [0.15, 0.2) is 0 Å². The summed E-state index contributed by atoms with van der Waals surface area (Å²) in [5, 5.41) is 3.09. The molecule has 20 heavy (non-hydrogen) atoms. The van der Waals surface area contributed by atoms with Crippen LogP contribution in [0.25, 0.3) is 0 Å². The third-order valence-electron chi connectivity index (χ3n) is 3.57. The second-order valence-corrected chi connectivity index (χ2v) is 5.82. The van der Waals surface area contributed by atoms with Gasteiger partial charge in [0, 0.05) is 11.6 Å². The van der Waals surface area contributed by atoms with E-state index < -0.39 is 0 Å². The van der Waals surface area contributed by atoms with Gasteiger partial charge < -0.3 is 10.1 Å². The number of carbonyl (C=O) groups excluding carboxylic acids is 1. The smallest absolute Gasteiger partial charge is 0.251 e. The average molecular weight is 296 g/mol. The lowest BCUT2D eigenvalue weighted by Crippen LogP contribution is -2.42. The van der Waals surface area contributed by atoms with Crippen LogP contribution < -0.4 is 10.1 Å². The van der Waals surface area contributed by atoms with Gasteiger partial charge in [-0.25, -0.2) is 0 Å². The molecule has 1 aliphatic carbocycles. The summed E-state index contributed by atoms with van der Waals surface area (Å²) in [6.07, 6.45) is 5.18. The molecule has 1 N–H and O–H groups in total. The summed E-state index contributed by atoms with van der Waals surface area (Å²) in [6.45, 7) is 2.72. The molecule has 4 heteroatoms. The molecule has 1 saturated carbocycles. The van der Waals surface area contributed by atoms with E-state index in [9.17, 15) is 4.79 Å². The minimum atomic E-state index is -0.0653. The molecule has 0 heterocycles. The van der Waals surface area contributed by atoms with E-state index in [0.29, 0.717) is 12.2 Å². The Hall–Kier alpha value is -1.22. The molecule has 2 unspecified atom stereocenters. The van der Waals surface area contributed by atoms with Gasteiger partial charge in [0.25, 0.3) is 5.91 Å². The van der Waals surface area contributed by atoms with E-state index in [2.05, 4.69) is 12.2 Å². The first-order valence-corrected chi connectivity index (χ1v) is 7.82. The van der Waals surface area contributed by atoms with Crippen molar-refractivity contribution in [2.75, 3.05) is 6.61 Å². The van der Waals surface area contributed by atoms with Crippen LogP contribution in [-0.4, -0.2) is 23.9 Å². The topological polar surface area (TPSA) is 38.3 Å². The molecular formula is C16H22ClNO2. The highest BCUT2D eigenvalue weighted by Gasteiger charge is 2.24. The van der Waals surface area contributed by atoms with Crippen molar-refractivity contribution in [2.24, 2.45) is 0 Å². The highest BCUT2D eigenvalue weighted by Crippen LogP contribution is 2.23. The minimum Gasteiger partial charge on any atom is -0.494 e. The van der Waals surface area contributed by atoms with Gasteiger partial charge in [-0.2, -0.15) is 0 Å². The molecule has 0 aliphatic heterocycles. The van der Waals surface area contributed by atoms with Gasteiger partial charge in [-0.05, 0) is 37.5 Å². The summed E-state index contributed by atoms with van der Waals surface area (Å²) in [6, 6.07) is 7.39. The van der Waals surface area contributed by atoms with Gasteiger partial charge in [0.05, 0.1) is 12.0 Å². The van der Waals surface area contributed by atoms with Crippen LogP contribution >= 0.6 is 11.6 Å². The first-order chi connectivity index (χ1) is 9.70. The number of rotatable bonds is 5.